The number of carbonyl (C=O) groups is 2. The number of thiophene rings is 1. The molecule has 0 aliphatic heterocycles. The highest BCUT2D eigenvalue weighted by Crippen LogP contribution is 2.29. The summed E-state index contributed by atoms with van der Waals surface area (Å²) in [6.45, 7) is 1.37. The Morgan fingerprint density at radius 3 is 2.78 bits per heavy atom. The topological polar surface area (TPSA) is 119 Å². The Bertz CT molecular complexity index is 1330. The molecule has 4 rings (SSSR count). The molecule has 0 aliphatic rings. The molecule has 0 saturated heterocycles. The van der Waals surface area contributed by atoms with E-state index in [1.54, 1.807) is 17.5 Å². The van der Waals surface area contributed by atoms with E-state index in [1.165, 1.54) is 30.4 Å². The molecule has 0 fully saturated rings. The molecule has 0 radical (unpaired) electrons. The van der Waals surface area contributed by atoms with E-state index in [0.717, 1.165) is 20.9 Å². The van der Waals surface area contributed by atoms with Gasteiger partial charge in [-0.1, -0.05) is 6.07 Å². The van der Waals surface area contributed by atoms with Crippen molar-refractivity contribution in [3.05, 3.63) is 57.5 Å². The molecule has 0 unspecified atom stereocenters. The van der Waals surface area contributed by atoms with Crippen molar-refractivity contribution >= 4 is 45.3 Å². The Kier molecular flexibility index (Phi) is 6.23. The first-order valence-electron chi connectivity index (χ1n) is 9.34. The van der Waals surface area contributed by atoms with Crippen LogP contribution in [0.5, 0.6) is 0 Å². The van der Waals surface area contributed by atoms with Crippen LogP contribution in [0.2, 0.25) is 0 Å². The van der Waals surface area contributed by atoms with E-state index >= 15 is 0 Å². The molecule has 0 bridgehead atoms. The number of carbonyl (C=O) groups excluding carboxylic acids is 2. The van der Waals surface area contributed by atoms with Crippen LogP contribution in [0.3, 0.4) is 0 Å². The highest BCUT2D eigenvalue weighted by Gasteiger charge is 2.15. The summed E-state index contributed by atoms with van der Waals surface area (Å²) in [6, 6.07) is 7.87. The first-order valence-corrected chi connectivity index (χ1v) is 11.1. The van der Waals surface area contributed by atoms with Crippen molar-refractivity contribution in [3.63, 3.8) is 0 Å². The smallest absolute Gasteiger partial charge is 0.387 e. The van der Waals surface area contributed by atoms with Crippen molar-refractivity contribution < 1.29 is 18.4 Å². The van der Waals surface area contributed by atoms with Crippen LogP contribution in [0.25, 0.3) is 22.0 Å². The number of rotatable bonds is 7. The molecule has 3 aromatic heterocycles. The minimum atomic E-state index is -0.643. The van der Waals surface area contributed by atoms with Crippen LogP contribution >= 0.6 is 22.7 Å². The van der Waals surface area contributed by atoms with E-state index in [2.05, 4.69) is 20.7 Å². The van der Waals surface area contributed by atoms with Crippen molar-refractivity contribution in [1.29, 1.82) is 0 Å². The van der Waals surface area contributed by atoms with Crippen molar-refractivity contribution in [1.82, 2.24) is 14.8 Å². The molecule has 12 heteroatoms. The SMILES string of the molecule is CC(=O)Nc1ccc(-c2csc(NC(=O)CCn3nc(-c4cccs4)oc3=O)n2)c(F)c1. The van der Waals surface area contributed by atoms with Crippen LogP contribution in [0.15, 0.2) is 50.3 Å². The average molecular weight is 474 g/mol. The molecule has 2 amide bonds. The van der Waals surface area contributed by atoms with E-state index in [9.17, 15) is 18.8 Å². The highest BCUT2D eigenvalue weighted by molar-refractivity contribution is 7.14. The average Bonchev–Trinajstić information content (AvgIpc) is 3.47. The van der Waals surface area contributed by atoms with Gasteiger partial charge in [-0.15, -0.1) is 27.8 Å². The summed E-state index contributed by atoms with van der Waals surface area (Å²) in [7, 11) is 0. The third-order valence-corrected chi connectivity index (χ3v) is 5.82. The predicted octanol–water partition coefficient (Wildman–Crippen LogP) is 3.81. The molecular formula is C20H16FN5O4S2. The van der Waals surface area contributed by atoms with E-state index in [1.807, 2.05) is 11.4 Å². The number of aromatic nitrogens is 3. The maximum absolute atomic E-state index is 14.4. The number of aryl methyl sites for hydroxylation is 1. The van der Waals surface area contributed by atoms with Gasteiger partial charge in [0.25, 0.3) is 5.89 Å². The molecule has 0 aliphatic carbocycles. The Labute approximate surface area is 188 Å². The molecule has 2 N–H and O–H groups in total. The summed E-state index contributed by atoms with van der Waals surface area (Å²) in [5.74, 6) is -1.66. The van der Waals surface area contributed by atoms with Gasteiger partial charge in [-0.2, -0.15) is 4.68 Å². The lowest BCUT2D eigenvalue weighted by Crippen LogP contribution is -2.20. The number of anilines is 2. The minimum Gasteiger partial charge on any atom is -0.387 e. The Morgan fingerprint density at radius 2 is 2.06 bits per heavy atom. The quantitative estimate of drug-likeness (QED) is 0.421. The van der Waals surface area contributed by atoms with Gasteiger partial charge in [0.05, 0.1) is 17.1 Å². The summed E-state index contributed by atoms with van der Waals surface area (Å²) >= 11 is 2.53. The third-order valence-electron chi connectivity index (χ3n) is 4.20. The number of nitrogens with zero attached hydrogens (tertiary/aromatic N) is 3. The van der Waals surface area contributed by atoms with Crippen molar-refractivity contribution in [2.24, 2.45) is 0 Å². The molecule has 164 valence electrons. The first kappa shape index (κ1) is 21.6. The summed E-state index contributed by atoms with van der Waals surface area (Å²) in [5.41, 5.74) is 0.935. The lowest BCUT2D eigenvalue weighted by molar-refractivity contribution is -0.116. The standard InChI is InChI=1S/C20H16FN5O4S2/c1-11(27)22-12-4-5-13(14(21)9-12)15-10-32-19(23-15)24-17(28)6-7-26-20(29)30-18(25-26)16-3-2-8-31-16/h2-5,8-10H,6-7H2,1H3,(H,22,27)(H,23,24,28). The molecule has 32 heavy (non-hydrogen) atoms. The molecule has 3 heterocycles. The van der Waals surface area contributed by atoms with Gasteiger partial charge in [0, 0.05) is 30.0 Å². The second-order valence-electron chi connectivity index (χ2n) is 6.59. The highest BCUT2D eigenvalue weighted by atomic mass is 32.1. The zero-order valence-corrected chi connectivity index (χ0v) is 18.3. The minimum absolute atomic E-state index is 0.0228. The molecule has 0 atom stereocenters. The summed E-state index contributed by atoms with van der Waals surface area (Å²) < 4.78 is 20.6. The van der Waals surface area contributed by atoms with Gasteiger partial charge in [-0.3, -0.25) is 9.59 Å². The van der Waals surface area contributed by atoms with Gasteiger partial charge in [0.2, 0.25) is 11.8 Å². The van der Waals surface area contributed by atoms with E-state index < -0.39 is 11.6 Å². The Balaban J connectivity index is 1.37. The van der Waals surface area contributed by atoms with Crippen LogP contribution in [0.4, 0.5) is 15.2 Å². The van der Waals surface area contributed by atoms with E-state index in [-0.39, 0.29) is 36.2 Å². The third kappa shape index (κ3) is 4.98. The number of hydrogen-bond donors (Lipinski definition) is 2. The number of nitrogens with one attached hydrogen (secondary N) is 2. The predicted molar refractivity (Wildman–Crippen MR) is 119 cm³/mol. The molecule has 0 saturated carbocycles. The number of amides is 2. The summed E-state index contributed by atoms with van der Waals surface area (Å²) in [6.07, 6.45) is -0.0228. The zero-order chi connectivity index (χ0) is 22.7. The van der Waals surface area contributed by atoms with Gasteiger partial charge >= 0.3 is 5.76 Å². The second kappa shape index (κ2) is 9.24. The Hall–Kier alpha value is -3.64. The lowest BCUT2D eigenvalue weighted by Gasteiger charge is -2.05. The van der Waals surface area contributed by atoms with Crippen LogP contribution in [0.1, 0.15) is 13.3 Å². The van der Waals surface area contributed by atoms with Crippen LogP contribution in [-0.2, 0) is 16.1 Å². The maximum atomic E-state index is 14.4. The monoisotopic (exact) mass is 473 g/mol. The second-order valence-corrected chi connectivity index (χ2v) is 8.39. The lowest BCUT2D eigenvalue weighted by atomic mass is 10.1. The van der Waals surface area contributed by atoms with Gasteiger partial charge < -0.3 is 15.1 Å². The fourth-order valence-corrected chi connectivity index (χ4v) is 4.17. The number of halogens is 1. The fraction of sp³-hybridized carbons (Fsp3) is 0.150. The normalized spacial score (nSPS) is 10.8. The van der Waals surface area contributed by atoms with E-state index in [0.29, 0.717) is 16.5 Å². The van der Waals surface area contributed by atoms with Crippen molar-refractivity contribution in [2.45, 2.75) is 19.9 Å². The van der Waals surface area contributed by atoms with Gasteiger partial charge in [-0.25, -0.2) is 14.2 Å². The van der Waals surface area contributed by atoms with Gasteiger partial charge in [-0.05, 0) is 29.6 Å². The number of hydrogen-bond acceptors (Lipinski definition) is 8. The zero-order valence-electron chi connectivity index (χ0n) is 16.6. The maximum Gasteiger partial charge on any atom is 0.437 e. The largest absolute Gasteiger partial charge is 0.437 e. The van der Waals surface area contributed by atoms with Crippen molar-refractivity contribution in [2.75, 3.05) is 10.6 Å². The van der Waals surface area contributed by atoms with Crippen molar-refractivity contribution in [3.8, 4) is 22.0 Å². The molecular weight excluding hydrogens is 457 g/mol. The van der Waals surface area contributed by atoms with Crippen LogP contribution in [-0.4, -0.2) is 26.6 Å². The fourth-order valence-electron chi connectivity index (χ4n) is 2.80. The van der Waals surface area contributed by atoms with Crippen LogP contribution < -0.4 is 16.4 Å². The molecule has 9 nitrogen and oxygen atoms in total. The number of thiazole rings is 1. The first-order chi connectivity index (χ1) is 15.4. The molecule has 0 spiro atoms. The van der Waals surface area contributed by atoms with Gasteiger partial charge in [0.15, 0.2) is 5.13 Å². The summed E-state index contributed by atoms with van der Waals surface area (Å²) in [4.78, 5) is 40.2. The van der Waals surface area contributed by atoms with E-state index in [4.69, 9.17) is 4.42 Å². The van der Waals surface area contributed by atoms with Crippen LogP contribution in [0, 0.1) is 5.82 Å². The van der Waals surface area contributed by atoms with Gasteiger partial charge in [0.1, 0.15) is 5.82 Å². The number of benzene rings is 1. The Morgan fingerprint density at radius 1 is 1.22 bits per heavy atom. The molecule has 4 aromatic rings. The molecule has 1 aromatic carbocycles. The summed E-state index contributed by atoms with van der Waals surface area (Å²) in [5, 5.41) is 13.0.